The van der Waals surface area contributed by atoms with Crippen molar-refractivity contribution >= 4 is 43.5 Å². The third-order valence-electron chi connectivity index (χ3n) is 8.00. The van der Waals surface area contributed by atoms with Crippen LogP contribution in [0.5, 0.6) is 5.75 Å². The second kappa shape index (κ2) is 16.1. The maximum atomic E-state index is 14.7. The second-order valence-corrected chi connectivity index (χ2v) is 14.5. The lowest BCUT2D eigenvalue weighted by atomic mass is 10.0. The minimum absolute atomic E-state index is 0.0355. The van der Waals surface area contributed by atoms with E-state index in [2.05, 4.69) is 21.2 Å². The third kappa shape index (κ3) is 9.23. The summed E-state index contributed by atoms with van der Waals surface area (Å²) in [6.07, 6.45) is 0.945. The van der Waals surface area contributed by atoms with Crippen LogP contribution >= 0.6 is 15.9 Å². The summed E-state index contributed by atoms with van der Waals surface area (Å²) in [5.41, 5.74) is 3.57. The lowest BCUT2D eigenvalue weighted by Gasteiger charge is -2.34. The van der Waals surface area contributed by atoms with Crippen molar-refractivity contribution in [3.63, 3.8) is 0 Å². The molecule has 0 saturated heterocycles. The van der Waals surface area contributed by atoms with Crippen LogP contribution in [0.3, 0.4) is 0 Å². The van der Waals surface area contributed by atoms with Crippen LogP contribution in [0.15, 0.2) is 106 Å². The Balaban J connectivity index is 1.86. The van der Waals surface area contributed by atoms with E-state index in [0.29, 0.717) is 12.2 Å². The van der Waals surface area contributed by atoms with Gasteiger partial charge in [-0.3, -0.25) is 13.9 Å². The molecule has 0 fully saturated rings. The summed E-state index contributed by atoms with van der Waals surface area (Å²) < 4.78 is 36.3. The lowest BCUT2D eigenvalue weighted by molar-refractivity contribution is -0.140. The molecular formula is C37H42BrN3O5S. The number of hydrogen-bond acceptors (Lipinski definition) is 5. The number of ether oxygens (including phenoxy) is 1. The van der Waals surface area contributed by atoms with Crippen molar-refractivity contribution in [2.24, 2.45) is 0 Å². The van der Waals surface area contributed by atoms with E-state index in [4.69, 9.17) is 4.74 Å². The fourth-order valence-corrected chi connectivity index (χ4v) is 7.04. The van der Waals surface area contributed by atoms with E-state index in [9.17, 15) is 18.0 Å². The Morgan fingerprint density at radius 3 is 2.17 bits per heavy atom. The van der Waals surface area contributed by atoms with Crippen molar-refractivity contribution in [1.82, 2.24) is 10.2 Å². The van der Waals surface area contributed by atoms with E-state index in [0.717, 1.165) is 31.0 Å². The average molecular weight is 721 g/mol. The van der Waals surface area contributed by atoms with Gasteiger partial charge in [-0.25, -0.2) is 8.42 Å². The molecule has 0 bridgehead atoms. The molecule has 4 aromatic carbocycles. The molecule has 248 valence electrons. The SMILES string of the molecule is CC[C@@H](C)NC(=O)[C@H](Cc1ccccc1)N(Cc1cccc(Br)c1)C(=O)CN(c1cc(C)ccc1OC)S(=O)(=O)c1ccc(C)cc1. The zero-order valence-corrected chi connectivity index (χ0v) is 29.8. The number of amides is 2. The van der Waals surface area contributed by atoms with Crippen molar-refractivity contribution in [2.45, 2.75) is 64.1 Å². The van der Waals surface area contributed by atoms with Crippen molar-refractivity contribution in [1.29, 1.82) is 0 Å². The van der Waals surface area contributed by atoms with E-state index in [1.54, 1.807) is 24.3 Å². The zero-order chi connectivity index (χ0) is 34.1. The molecule has 0 aliphatic carbocycles. The van der Waals surface area contributed by atoms with Gasteiger partial charge in [-0.2, -0.15) is 0 Å². The van der Waals surface area contributed by atoms with Gasteiger partial charge in [0.25, 0.3) is 10.0 Å². The predicted molar refractivity (Wildman–Crippen MR) is 190 cm³/mol. The number of carbonyl (C=O) groups excluding carboxylic acids is 2. The predicted octanol–water partition coefficient (Wildman–Crippen LogP) is 6.82. The maximum Gasteiger partial charge on any atom is 0.264 e. The maximum absolute atomic E-state index is 14.7. The number of halogens is 1. The molecule has 0 aromatic heterocycles. The number of anilines is 1. The minimum Gasteiger partial charge on any atom is -0.495 e. The molecule has 2 amide bonds. The Morgan fingerprint density at radius 1 is 0.872 bits per heavy atom. The normalized spacial score (nSPS) is 12.6. The van der Waals surface area contributed by atoms with E-state index in [-0.39, 0.29) is 35.5 Å². The molecule has 4 aromatic rings. The molecule has 4 rings (SSSR count). The summed E-state index contributed by atoms with van der Waals surface area (Å²) in [6, 6.07) is 27.6. The Morgan fingerprint density at radius 2 is 1.53 bits per heavy atom. The highest BCUT2D eigenvalue weighted by molar-refractivity contribution is 9.10. The molecule has 0 aliphatic rings. The van der Waals surface area contributed by atoms with Gasteiger partial charge in [0.1, 0.15) is 18.3 Å². The molecule has 0 spiro atoms. The van der Waals surface area contributed by atoms with Gasteiger partial charge in [0.05, 0.1) is 17.7 Å². The Kier molecular flexibility index (Phi) is 12.2. The summed E-state index contributed by atoms with van der Waals surface area (Å²) in [6.45, 7) is 7.12. The van der Waals surface area contributed by atoms with Gasteiger partial charge in [-0.05, 0) is 80.3 Å². The van der Waals surface area contributed by atoms with Gasteiger partial charge < -0.3 is 15.0 Å². The first kappa shape index (κ1) is 35.7. The Bertz CT molecular complexity index is 1780. The molecule has 1 N–H and O–H groups in total. The smallest absolute Gasteiger partial charge is 0.264 e. The topological polar surface area (TPSA) is 96.0 Å². The number of carbonyl (C=O) groups is 2. The number of hydrogen-bond donors (Lipinski definition) is 1. The van der Waals surface area contributed by atoms with Crippen LogP contribution in [0.1, 0.15) is 42.5 Å². The van der Waals surface area contributed by atoms with Crippen molar-refractivity contribution in [3.8, 4) is 5.75 Å². The number of nitrogens with one attached hydrogen (secondary N) is 1. The molecule has 0 saturated carbocycles. The fraction of sp³-hybridized carbons (Fsp3) is 0.297. The van der Waals surface area contributed by atoms with Gasteiger partial charge in [0, 0.05) is 23.5 Å². The molecule has 0 aliphatic heterocycles. The molecule has 8 nitrogen and oxygen atoms in total. The molecule has 47 heavy (non-hydrogen) atoms. The summed E-state index contributed by atoms with van der Waals surface area (Å²) in [7, 11) is -2.80. The van der Waals surface area contributed by atoms with Gasteiger partial charge in [0.2, 0.25) is 11.8 Å². The van der Waals surface area contributed by atoms with Crippen molar-refractivity contribution in [2.75, 3.05) is 18.0 Å². The van der Waals surface area contributed by atoms with Crippen molar-refractivity contribution in [3.05, 3.63) is 124 Å². The van der Waals surface area contributed by atoms with Crippen LogP contribution in [0, 0.1) is 13.8 Å². The molecule has 2 atom stereocenters. The third-order valence-corrected chi connectivity index (χ3v) is 10.3. The number of aryl methyl sites for hydroxylation is 2. The average Bonchev–Trinajstić information content (AvgIpc) is 3.05. The lowest BCUT2D eigenvalue weighted by Crippen LogP contribution is -2.54. The molecule has 0 unspecified atom stereocenters. The number of sulfonamides is 1. The Hall–Kier alpha value is -4.15. The highest BCUT2D eigenvalue weighted by Crippen LogP contribution is 2.34. The molecule has 0 heterocycles. The second-order valence-electron chi connectivity index (χ2n) is 11.7. The number of benzene rings is 4. The van der Waals surface area contributed by atoms with Crippen LogP contribution < -0.4 is 14.4 Å². The van der Waals surface area contributed by atoms with Gasteiger partial charge >= 0.3 is 0 Å². The standard InChI is InChI=1S/C37H42BrN3O5S/c1-6-28(4)39-37(43)34(23-29-11-8-7-9-12-29)40(24-30-13-10-14-31(38)22-30)36(42)25-41(33-21-27(3)17-20-35(33)46-5)47(44,45)32-18-15-26(2)16-19-32/h7-22,28,34H,6,23-25H2,1-5H3,(H,39,43)/t28-,34+/m1/s1. The summed E-state index contributed by atoms with van der Waals surface area (Å²) in [5, 5.41) is 3.06. The van der Waals surface area contributed by atoms with Crippen LogP contribution in [0.2, 0.25) is 0 Å². The number of rotatable bonds is 14. The number of methoxy groups -OCH3 is 1. The summed E-state index contributed by atoms with van der Waals surface area (Å²) in [5.74, 6) is -0.551. The molecule has 0 radical (unpaired) electrons. The van der Waals surface area contributed by atoms with Crippen LogP contribution in [-0.2, 0) is 32.6 Å². The van der Waals surface area contributed by atoms with E-state index in [1.807, 2.05) is 88.4 Å². The largest absolute Gasteiger partial charge is 0.495 e. The number of nitrogens with zero attached hydrogens (tertiary/aromatic N) is 2. The monoisotopic (exact) mass is 719 g/mol. The van der Waals surface area contributed by atoms with E-state index in [1.165, 1.54) is 24.1 Å². The summed E-state index contributed by atoms with van der Waals surface area (Å²) >= 11 is 3.52. The molecule has 10 heteroatoms. The minimum atomic E-state index is -4.26. The highest BCUT2D eigenvalue weighted by Gasteiger charge is 2.36. The first-order valence-electron chi connectivity index (χ1n) is 15.5. The van der Waals surface area contributed by atoms with E-state index < -0.39 is 28.5 Å². The first-order valence-corrected chi connectivity index (χ1v) is 17.8. The van der Waals surface area contributed by atoms with E-state index >= 15 is 0 Å². The quantitative estimate of drug-likeness (QED) is 0.154. The first-order chi connectivity index (χ1) is 22.4. The van der Waals surface area contributed by atoms with Gasteiger partial charge in [-0.15, -0.1) is 0 Å². The van der Waals surface area contributed by atoms with Crippen LogP contribution in [-0.4, -0.2) is 50.9 Å². The Labute approximate surface area is 286 Å². The molecular weight excluding hydrogens is 678 g/mol. The zero-order valence-electron chi connectivity index (χ0n) is 27.4. The van der Waals surface area contributed by atoms with Gasteiger partial charge in [-0.1, -0.05) is 89.1 Å². The highest BCUT2D eigenvalue weighted by atomic mass is 79.9. The van der Waals surface area contributed by atoms with Crippen LogP contribution in [0.4, 0.5) is 5.69 Å². The van der Waals surface area contributed by atoms with Crippen LogP contribution in [0.25, 0.3) is 0 Å². The van der Waals surface area contributed by atoms with Gasteiger partial charge in [0.15, 0.2) is 0 Å². The fourth-order valence-electron chi connectivity index (χ4n) is 5.17. The van der Waals surface area contributed by atoms with Crippen molar-refractivity contribution < 1.29 is 22.7 Å². The summed E-state index contributed by atoms with van der Waals surface area (Å²) in [4.78, 5) is 30.2.